The molecule has 0 spiro atoms. The molecule has 2 rings (SSSR count). The minimum atomic E-state index is -3.03. The van der Waals surface area contributed by atoms with E-state index in [1.165, 1.54) is 0 Å². The van der Waals surface area contributed by atoms with E-state index in [4.69, 9.17) is 47.4 Å². The Hall–Kier alpha value is -3.17. The number of ether oxygens (including phenoxy) is 10. The first kappa shape index (κ1) is 42.0. The third-order valence-corrected chi connectivity index (χ3v) is 7.90. The highest BCUT2D eigenvalue weighted by Crippen LogP contribution is 2.48. The standard InChI is InChI=1S/C29H42O18S2/c1-13(30)38-11-20-22(40-15(3)32)23(41-16(4)33)24(42-17(5)34)26(43-20)45-25-21(12-39-14(2)31)44-27(49)28(9-8-10-48,46-18(6)35)29(25,37)47-19(7)36/h20-27,37,48-49H,8-12H2,1-7H3/t20-,21-,22-,23+,24-,25-,26-,27+,28+,29+/m1/s1. The Morgan fingerprint density at radius 3 is 1.61 bits per heavy atom. The summed E-state index contributed by atoms with van der Waals surface area (Å²) in [7, 11) is 0. The van der Waals surface area contributed by atoms with Gasteiger partial charge in [0.1, 0.15) is 30.9 Å². The smallest absolute Gasteiger partial charge is 0.305 e. The lowest BCUT2D eigenvalue weighted by Gasteiger charge is -2.56. The van der Waals surface area contributed by atoms with E-state index in [9.17, 15) is 38.7 Å². The van der Waals surface area contributed by atoms with Crippen LogP contribution in [0.2, 0.25) is 0 Å². The molecule has 0 bridgehead atoms. The third-order valence-electron chi connectivity index (χ3n) is 7.04. The van der Waals surface area contributed by atoms with Crippen molar-refractivity contribution in [2.75, 3.05) is 19.0 Å². The van der Waals surface area contributed by atoms with Gasteiger partial charge in [-0.1, -0.05) is 0 Å². The van der Waals surface area contributed by atoms with Gasteiger partial charge in [-0.25, -0.2) is 0 Å². The van der Waals surface area contributed by atoms with E-state index in [1.807, 2.05) is 0 Å². The van der Waals surface area contributed by atoms with E-state index in [0.29, 0.717) is 0 Å². The van der Waals surface area contributed by atoms with Crippen molar-refractivity contribution in [2.45, 2.75) is 121 Å². The average molecular weight is 743 g/mol. The van der Waals surface area contributed by atoms with Crippen LogP contribution in [0.5, 0.6) is 0 Å². The fourth-order valence-corrected chi connectivity index (χ4v) is 6.09. The van der Waals surface area contributed by atoms with E-state index in [0.717, 1.165) is 48.5 Å². The first-order chi connectivity index (χ1) is 22.8. The summed E-state index contributed by atoms with van der Waals surface area (Å²) in [6.45, 7) is 5.83. The molecule has 0 aromatic rings. The van der Waals surface area contributed by atoms with E-state index in [2.05, 4.69) is 25.3 Å². The number of aliphatic hydroxyl groups is 1. The van der Waals surface area contributed by atoms with Gasteiger partial charge in [-0.3, -0.25) is 33.6 Å². The van der Waals surface area contributed by atoms with Gasteiger partial charge in [-0.05, 0) is 18.6 Å². The molecule has 2 saturated heterocycles. The molecule has 2 heterocycles. The van der Waals surface area contributed by atoms with Crippen LogP contribution >= 0.6 is 25.3 Å². The molecule has 2 aliphatic rings. The zero-order valence-corrected chi connectivity index (χ0v) is 29.7. The van der Waals surface area contributed by atoms with Crippen LogP contribution in [0.25, 0.3) is 0 Å². The predicted octanol–water partition coefficient (Wildman–Crippen LogP) is -0.0639. The topological polar surface area (TPSA) is 232 Å². The molecule has 0 saturated carbocycles. The molecule has 0 unspecified atom stereocenters. The lowest BCUT2D eigenvalue weighted by atomic mass is 9.79. The van der Waals surface area contributed by atoms with Crippen molar-refractivity contribution in [1.29, 1.82) is 0 Å². The normalized spacial score (nSPS) is 32.5. The Bertz CT molecular complexity index is 1250. The molecule has 0 amide bonds. The fraction of sp³-hybridized carbons (Fsp3) is 0.759. The number of esters is 7. The van der Waals surface area contributed by atoms with Crippen molar-refractivity contribution < 1.29 is 86.0 Å². The van der Waals surface area contributed by atoms with Gasteiger partial charge in [0.25, 0.3) is 5.79 Å². The summed E-state index contributed by atoms with van der Waals surface area (Å²) >= 11 is 8.63. The molecule has 18 nitrogen and oxygen atoms in total. The quantitative estimate of drug-likeness (QED) is 0.0915. The van der Waals surface area contributed by atoms with Gasteiger partial charge in [0.2, 0.25) is 5.60 Å². The monoisotopic (exact) mass is 742 g/mol. The summed E-state index contributed by atoms with van der Waals surface area (Å²) in [6, 6.07) is 0. The van der Waals surface area contributed by atoms with Crippen molar-refractivity contribution in [1.82, 2.24) is 0 Å². The molecule has 0 radical (unpaired) electrons. The van der Waals surface area contributed by atoms with Gasteiger partial charge in [-0.2, -0.15) is 12.6 Å². The molecule has 2 aliphatic heterocycles. The maximum absolute atomic E-state index is 12.6. The molecule has 278 valence electrons. The van der Waals surface area contributed by atoms with Crippen LogP contribution in [0.3, 0.4) is 0 Å². The highest BCUT2D eigenvalue weighted by atomic mass is 32.1. The van der Waals surface area contributed by atoms with Crippen molar-refractivity contribution in [3.05, 3.63) is 0 Å². The Morgan fingerprint density at radius 2 is 1.14 bits per heavy atom. The highest BCUT2D eigenvalue weighted by Gasteiger charge is 2.71. The van der Waals surface area contributed by atoms with Crippen LogP contribution in [0.4, 0.5) is 0 Å². The minimum absolute atomic E-state index is 0.126. The van der Waals surface area contributed by atoms with E-state index in [-0.39, 0.29) is 18.6 Å². The zero-order chi connectivity index (χ0) is 37.3. The van der Waals surface area contributed by atoms with Crippen LogP contribution in [0.1, 0.15) is 61.3 Å². The summed E-state index contributed by atoms with van der Waals surface area (Å²) in [4.78, 5) is 85.5. The Kier molecular flexibility index (Phi) is 15.6. The molecule has 20 heteroatoms. The van der Waals surface area contributed by atoms with Crippen LogP contribution in [-0.2, 0) is 80.9 Å². The van der Waals surface area contributed by atoms with E-state index < -0.39 is 115 Å². The SMILES string of the molecule is CC(=O)OC[C@H]1O[C@H](O[C@@H]2[C@@H](COC(C)=O)O[C@@H](S)[C@](CCCS)(OC(C)=O)[C@@]2(O)OC(C)=O)[C@H](OC(C)=O)[C@@H](OC(C)=O)[C@@H]1OC(C)=O. The molecule has 0 aromatic heterocycles. The largest absolute Gasteiger partial charge is 0.463 e. The molecule has 49 heavy (non-hydrogen) atoms. The summed E-state index contributed by atoms with van der Waals surface area (Å²) < 4.78 is 55.7. The molecular weight excluding hydrogens is 700 g/mol. The zero-order valence-electron chi connectivity index (χ0n) is 27.9. The Balaban J connectivity index is 2.88. The number of thiol groups is 2. The van der Waals surface area contributed by atoms with Gasteiger partial charge >= 0.3 is 41.8 Å². The molecule has 10 atom stereocenters. The molecule has 0 aliphatic carbocycles. The second-order valence-corrected chi connectivity index (χ2v) is 12.0. The minimum Gasteiger partial charge on any atom is -0.463 e. The van der Waals surface area contributed by atoms with Crippen molar-refractivity contribution in [2.24, 2.45) is 0 Å². The number of hydrogen-bond donors (Lipinski definition) is 3. The number of hydrogen-bond acceptors (Lipinski definition) is 20. The number of rotatable bonds is 14. The molecular formula is C29H42O18S2. The number of carbonyl (C=O) groups excluding carboxylic acids is 7. The van der Waals surface area contributed by atoms with Crippen LogP contribution in [-0.4, -0.2) is 126 Å². The first-order valence-corrected chi connectivity index (χ1v) is 16.1. The van der Waals surface area contributed by atoms with E-state index >= 15 is 0 Å². The summed E-state index contributed by atoms with van der Waals surface area (Å²) in [5.41, 5.74) is -3.89. The second-order valence-electron chi connectivity index (χ2n) is 11.1. The van der Waals surface area contributed by atoms with Crippen LogP contribution < -0.4 is 0 Å². The van der Waals surface area contributed by atoms with Crippen molar-refractivity contribution >= 4 is 67.0 Å². The Morgan fingerprint density at radius 1 is 0.653 bits per heavy atom. The summed E-state index contributed by atoms with van der Waals surface area (Å²) in [6.07, 6.45) is -12.3. The number of carbonyl (C=O) groups is 7. The lowest BCUT2D eigenvalue weighted by Crippen LogP contribution is -2.77. The van der Waals surface area contributed by atoms with Crippen molar-refractivity contribution in [3.8, 4) is 0 Å². The van der Waals surface area contributed by atoms with Crippen LogP contribution in [0, 0.1) is 0 Å². The fourth-order valence-electron chi connectivity index (χ4n) is 5.40. The van der Waals surface area contributed by atoms with Gasteiger partial charge in [0, 0.05) is 48.5 Å². The van der Waals surface area contributed by atoms with Crippen molar-refractivity contribution in [3.63, 3.8) is 0 Å². The average Bonchev–Trinajstić information content (AvgIpc) is 2.95. The predicted molar refractivity (Wildman–Crippen MR) is 165 cm³/mol. The first-order valence-electron chi connectivity index (χ1n) is 14.9. The van der Waals surface area contributed by atoms with Gasteiger partial charge in [-0.15, -0.1) is 12.6 Å². The molecule has 1 N–H and O–H groups in total. The summed E-state index contributed by atoms with van der Waals surface area (Å²) in [5, 5.41) is 12.5. The third kappa shape index (κ3) is 10.9. The van der Waals surface area contributed by atoms with Gasteiger partial charge in [0.15, 0.2) is 30.7 Å². The molecule has 0 aromatic carbocycles. The maximum atomic E-state index is 12.6. The maximum Gasteiger partial charge on any atom is 0.305 e. The summed E-state index contributed by atoms with van der Waals surface area (Å²) in [5.74, 6) is -9.28. The highest BCUT2D eigenvalue weighted by molar-refractivity contribution is 7.80. The lowest BCUT2D eigenvalue weighted by molar-refractivity contribution is -0.415. The van der Waals surface area contributed by atoms with E-state index in [1.54, 1.807) is 0 Å². The van der Waals surface area contributed by atoms with Crippen LogP contribution in [0.15, 0.2) is 0 Å². The Labute approximate surface area is 292 Å². The van der Waals surface area contributed by atoms with Gasteiger partial charge in [0.05, 0.1) is 0 Å². The second kappa shape index (κ2) is 18.2. The molecule has 2 fully saturated rings. The van der Waals surface area contributed by atoms with Gasteiger partial charge < -0.3 is 52.5 Å².